The molecule has 18 heavy (non-hydrogen) atoms. The number of hydrogen-bond acceptors (Lipinski definition) is 5. The van der Waals surface area contributed by atoms with Crippen LogP contribution in [-0.2, 0) is 12.7 Å². The Hall–Kier alpha value is -2.23. The van der Waals surface area contributed by atoms with Gasteiger partial charge in [0.25, 0.3) is 11.4 Å². The van der Waals surface area contributed by atoms with E-state index in [1.165, 1.54) is 0 Å². The fourth-order valence-electron chi connectivity index (χ4n) is 1.34. The quantitative estimate of drug-likeness (QED) is 0.663. The van der Waals surface area contributed by atoms with Crippen molar-refractivity contribution < 1.29 is 23.0 Å². The molecule has 0 aliphatic rings. The van der Waals surface area contributed by atoms with Crippen molar-refractivity contribution in [2.75, 3.05) is 0 Å². The van der Waals surface area contributed by atoms with Crippen LogP contribution in [0.4, 0.5) is 24.5 Å². The Morgan fingerprint density at radius 1 is 1.11 bits per heavy atom. The molecule has 0 bridgehead atoms. The van der Waals surface area contributed by atoms with Crippen molar-refractivity contribution in [1.29, 1.82) is 0 Å². The zero-order valence-electron chi connectivity index (χ0n) is 8.60. The van der Waals surface area contributed by atoms with Gasteiger partial charge in [0.05, 0.1) is 15.4 Å². The smallest absolute Gasteiger partial charge is 0.326 e. The summed E-state index contributed by atoms with van der Waals surface area (Å²) in [6, 6.07) is 0.463. The van der Waals surface area contributed by atoms with Gasteiger partial charge in [0.15, 0.2) is 0 Å². The van der Waals surface area contributed by atoms with Gasteiger partial charge in [0.2, 0.25) is 0 Å². The Morgan fingerprint density at radius 3 is 1.72 bits per heavy atom. The molecule has 0 atom stereocenters. The number of hydrogen-bond donors (Lipinski definition) is 1. The molecule has 0 aliphatic heterocycles. The third-order valence-corrected chi connectivity index (χ3v) is 2.13. The van der Waals surface area contributed by atoms with Crippen LogP contribution in [0, 0.1) is 20.2 Å². The SMILES string of the molecule is NCc1c([N+](=O)[O-])cc(C(F)(F)F)cc1[N+](=O)[O-]. The molecule has 0 saturated carbocycles. The molecular formula is C8H6F3N3O4. The van der Waals surface area contributed by atoms with Gasteiger partial charge in [-0.1, -0.05) is 0 Å². The van der Waals surface area contributed by atoms with E-state index in [1.807, 2.05) is 0 Å². The average Bonchev–Trinajstić information content (AvgIpc) is 2.25. The van der Waals surface area contributed by atoms with E-state index in [4.69, 9.17) is 5.73 Å². The van der Waals surface area contributed by atoms with E-state index in [0.717, 1.165) is 0 Å². The molecule has 7 nitrogen and oxygen atoms in total. The maximum atomic E-state index is 12.4. The van der Waals surface area contributed by atoms with E-state index in [0.29, 0.717) is 0 Å². The summed E-state index contributed by atoms with van der Waals surface area (Å²) in [5.74, 6) is 0. The molecule has 0 unspecified atom stereocenters. The lowest BCUT2D eigenvalue weighted by atomic mass is 10.1. The average molecular weight is 265 g/mol. The summed E-state index contributed by atoms with van der Waals surface area (Å²) in [4.78, 5) is 18.9. The molecular weight excluding hydrogens is 259 g/mol. The van der Waals surface area contributed by atoms with Crippen LogP contribution in [0.15, 0.2) is 12.1 Å². The fourth-order valence-corrected chi connectivity index (χ4v) is 1.34. The van der Waals surface area contributed by atoms with Gasteiger partial charge >= 0.3 is 6.18 Å². The summed E-state index contributed by atoms with van der Waals surface area (Å²) in [5.41, 5.74) is 1.06. The van der Waals surface area contributed by atoms with Crippen molar-refractivity contribution >= 4 is 11.4 Å². The third-order valence-electron chi connectivity index (χ3n) is 2.13. The minimum atomic E-state index is -4.91. The van der Waals surface area contributed by atoms with Crippen LogP contribution >= 0.6 is 0 Å². The Balaban J connectivity index is 3.65. The van der Waals surface area contributed by atoms with Crippen LogP contribution in [0.2, 0.25) is 0 Å². The molecule has 0 heterocycles. The molecule has 0 fully saturated rings. The van der Waals surface area contributed by atoms with Crippen LogP contribution in [0.25, 0.3) is 0 Å². The van der Waals surface area contributed by atoms with Gasteiger partial charge in [-0.05, 0) is 0 Å². The first-order valence-corrected chi connectivity index (χ1v) is 4.41. The summed E-state index contributed by atoms with van der Waals surface area (Å²) >= 11 is 0. The Labute approximate surface area is 97.3 Å². The number of alkyl halides is 3. The predicted molar refractivity (Wildman–Crippen MR) is 52.6 cm³/mol. The van der Waals surface area contributed by atoms with E-state index in [2.05, 4.69) is 0 Å². The molecule has 0 spiro atoms. The monoisotopic (exact) mass is 265 g/mol. The van der Waals surface area contributed by atoms with Gasteiger partial charge < -0.3 is 5.73 Å². The predicted octanol–water partition coefficient (Wildman–Crippen LogP) is 1.98. The maximum absolute atomic E-state index is 12.4. The zero-order chi connectivity index (χ0) is 14.1. The third kappa shape index (κ3) is 2.53. The van der Waals surface area contributed by atoms with Crippen LogP contribution in [-0.4, -0.2) is 9.85 Å². The normalized spacial score (nSPS) is 11.3. The van der Waals surface area contributed by atoms with Gasteiger partial charge in [0.1, 0.15) is 5.56 Å². The molecule has 0 aliphatic carbocycles. The molecule has 1 aromatic rings. The zero-order valence-corrected chi connectivity index (χ0v) is 8.60. The maximum Gasteiger partial charge on any atom is 0.416 e. The number of nitro groups is 2. The lowest BCUT2D eigenvalue weighted by Gasteiger charge is -2.08. The second kappa shape index (κ2) is 4.56. The van der Waals surface area contributed by atoms with E-state index < -0.39 is 45.1 Å². The first-order valence-electron chi connectivity index (χ1n) is 4.41. The van der Waals surface area contributed by atoms with Gasteiger partial charge in [-0.2, -0.15) is 13.2 Å². The van der Waals surface area contributed by atoms with Crippen molar-refractivity contribution in [3.8, 4) is 0 Å². The molecule has 0 saturated heterocycles. The van der Waals surface area contributed by atoms with Gasteiger partial charge in [-0.3, -0.25) is 20.2 Å². The Bertz CT molecular complexity index is 480. The Kier molecular flexibility index (Phi) is 3.51. The molecule has 0 amide bonds. The van der Waals surface area contributed by atoms with Gasteiger partial charge in [-0.15, -0.1) is 0 Å². The van der Waals surface area contributed by atoms with Crippen LogP contribution in [0.5, 0.6) is 0 Å². The topological polar surface area (TPSA) is 112 Å². The number of nitrogens with two attached hydrogens (primary N) is 1. The summed E-state index contributed by atoms with van der Waals surface area (Å²) in [6.07, 6.45) is -4.91. The molecule has 2 N–H and O–H groups in total. The summed E-state index contributed by atoms with van der Waals surface area (Å²) in [5, 5.41) is 21.2. The van der Waals surface area contributed by atoms with Crippen molar-refractivity contribution in [2.24, 2.45) is 5.73 Å². The number of benzene rings is 1. The lowest BCUT2D eigenvalue weighted by molar-refractivity contribution is -0.395. The fraction of sp³-hybridized carbons (Fsp3) is 0.250. The minimum absolute atomic E-state index is 0.231. The first-order chi connectivity index (χ1) is 8.18. The standard InChI is InChI=1S/C8H6F3N3O4/c9-8(10,11)4-1-6(13(15)16)5(3-12)7(2-4)14(17)18/h1-2H,3,12H2. The van der Waals surface area contributed by atoms with E-state index >= 15 is 0 Å². The Morgan fingerprint density at radius 2 is 1.50 bits per heavy atom. The highest BCUT2D eigenvalue weighted by molar-refractivity contribution is 5.56. The molecule has 1 aromatic carbocycles. The number of nitrogens with zero attached hydrogens (tertiary/aromatic N) is 2. The summed E-state index contributed by atoms with van der Waals surface area (Å²) < 4.78 is 37.3. The van der Waals surface area contributed by atoms with Gasteiger partial charge in [-0.25, -0.2) is 0 Å². The molecule has 0 radical (unpaired) electrons. The summed E-state index contributed by atoms with van der Waals surface area (Å²) in [6.45, 7) is -0.606. The lowest BCUT2D eigenvalue weighted by Crippen LogP contribution is -2.11. The van der Waals surface area contributed by atoms with Gasteiger partial charge in [0, 0.05) is 18.7 Å². The first kappa shape index (κ1) is 13.8. The van der Waals surface area contributed by atoms with Crippen molar-refractivity contribution in [1.82, 2.24) is 0 Å². The highest BCUT2D eigenvalue weighted by atomic mass is 19.4. The number of halogens is 3. The van der Waals surface area contributed by atoms with Crippen LogP contribution in [0.1, 0.15) is 11.1 Å². The minimum Gasteiger partial charge on any atom is -0.326 e. The highest BCUT2D eigenvalue weighted by Gasteiger charge is 2.37. The number of nitro benzene ring substituents is 2. The van der Waals surface area contributed by atoms with Crippen molar-refractivity contribution in [3.05, 3.63) is 43.5 Å². The molecule has 0 aromatic heterocycles. The second-order valence-electron chi connectivity index (χ2n) is 3.21. The van der Waals surface area contributed by atoms with E-state index in [1.54, 1.807) is 0 Å². The van der Waals surface area contributed by atoms with E-state index in [-0.39, 0.29) is 12.1 Å². The van der Waals surface area contributed by atoms with Crippen LogP contribution < -0.4 is 5.73 Å². The molecule has 10 heteroatoms. The highest BCUT2D eigenvalue weighted by Crippen LogP contribution is 2.37. The summed E-state index contributed by atoms with van der Waals surface area (Å²) in [7, 11) is 0. The van der Waals surface area contributed by atoms with Crippen molar-refractivity contribution in [2.45, 2.75) is 12.7 Å². The van der Waals surface area contributed by atoms with Crippen LogP contribution in [0.3, 0.4) is 0 Å². The van der Waals surface area contributed by atoms with E-state index in [9.17, 15) is 33.4 Å². The number of rotatable bonds is 3. The largest absolute Gasteiger partial charge is 0.416 e. The molecule has 98 valence electrons. The molecule has 1 rings (SSSR count). The van der Waals surface area contributed by atoms with Crippen molar-refractivity contribution in [3.63, 3.8) is 0 Å². The second-order valence-corrected chi connectivity index (χ2v) is 3.21.